The first-order valence-corrected chi connectivity index (χ1v) is 11.9. The third-order valence-electron chi connectivity index (χ3n) is 5.33. The molecule has 0 radical (unpaired) electrons. The summed E-state index contributed by atoms with van der Waals surface area (Å²) in [5.41, 5.74) is 4.28. The molecule has 2 aromatic rings. The number of ether oxygens (including phenoxy) is 1. The number of aryl methyl sites for hydroxylation is 4. The van der Waals surface area contributed by atoms with Gasteiger partial charge in [-0.05, 0) is 44.4 Å². The topological polar surface area (TPSA) is 105 Å². The van der Waals surface area contributed by atoms with E-state index >= 15 is 0 Å². The fraction of sp³-hybridized carbons (Fsp3) is 0.391. The van der Waals surface area contributed by atoms with Gasteiger partial charge in [-0.3, -0.25) is 9.59 Å². The van der Waals surface area contributed by atoms with E-state index in [-0.39, 0.29) is 31.1 Å². The number of sulfonamides is 1. The number of rotatable bonds is 6. The Hall–Kier alpha value is -2.75. The van der Waals surface area contributed by atoms with Crippen LogP contribution < -0.4 is 10.6 Å². The Bertz CT molecular complexity index is 1090. The molecule has 8 nitrogen and oxygen atoms in total. The van der Waals surface area contributed by atoms with Gasteiger partial charge in [0.25, 0.3) is 0 Å². The minimum atomic E-state index is -3.83. The van der Waals surface area contributed by atoms with E-state index < -0.39 is 28.1 Å². The number of carbonyl (C=O) groups excluding carboxylic acids is 2. The van der Waals surface area contributed by atoms with E-state index in [1.807, 2.05) is 50.2 Å². The van der Waals surface area contributed by atoms with Crippen molar-refractivity contribution in [1.29, 1.82) is 0 Å². The van der Waals surface area contributed by atoms with Gasteiger partial charge in [0.05, 0.1) is 18.0 Å². The molecule has 2 aromatic carbocycles. The molecule has 1 heterocycles. The Morgan fingerprint density at radius 3 is 2.19 bits per heavy atom. The highest BCUT2D eigenvalue weighted by Gasteiger charge is 2.38. The summed E-state index contributed by atoms with van der Waals surface area (Å²) >= 11 is 0. The highest BCUT2D eigenvalue weighted by Crippen LogP contribution is 2.28. The molecule has 0 saturated carbocycles. The van der Waals surface area contributed by atoms with Gasteiger partial charge in [-0.2, -0.15) is 4.31 Å². The molecule has 32 heavy (non-hydrogen) atoms. The standard InChI is InChI=1S/C23H29N3O5S/c1-15-5-7-19(8-6-15)13-24-22(27)23(28)25-14-20-26(9-10-31-20)32(29,30)21-17(3)11-16(2)12-18(21)4/h5-8,11-12,20H,9-10,13-14H2,1-4H3,(H,24,27)(H,25,28). The van der Waals surface area contributed by atoms with Gasteiger partial charge in [0.2, 0.25) is 10.0 Å². The van der Waals surface area contributed by atoms with E-state index in [1.54, 1.807) is 13.8 Å². The summed E-state index contributed by atoms with van der Waals surface area (Å²) in [5, 5.41) is 5.04. The Labute approximate surface area is 189 Å². The Balaban J connectivity index is 1.61. The highest BCUT2D eigenvalue weighted by molar-refractivity contribution is 7.89. The summed E-state index contributed by atoms with van der Waals surface area (Å²) in [7, 11) is -3.83. The second-order valence-corrected chi connectivity index (χ2v) is 9.87. The third kappa shape index (κ3) is 5.35. The number of benzene rings is 2. The van der Waals surface area contributed by atoms with Gasteiger partial charge in [0.15, 0.2) is 0 Å². The van der Waals surface area contributed by atoms with Crippen molar-refractivity contribution in [2.75, 3.05) is 19.7 Å². The van der Waals surface area contributed by atoms with Crippen molar-refractivity contribution in [2.24, 2.45) is 0 Å². The average Bonchev–Trinajstić information content (AvgIpc) is 3.20. The van der Waals surface area contributed by atoms with Crippen LogP contribution in [-0.2, 0) is 30.9 Å². The fourth-order valence-electron chi connectivity index (χ4n) is 3.86. The Kier molecular flexibility index (Phi) is 7.33. The molecule has 1 fully saturated rings. The van der Waals surface area contributed by atoms with Crippen LogP contribution in [0.2, 0.25) is 0 Å². The van der Waals surface area contributed by atoms with E-state index in [1.165, 1.54) is 4.31 Å². The number of hydrogen-bond donors (Lipinski definition) is 2. The van der Waals surface area contributed by atoms with E-state index in [4.69, 9.17) is 4.74 Å². The van der Waals surface area contributed by atoms with E-state index in [0.29, 0.717) is 11.1 Å². The molecule has 3 rings (SSSR count). The average molecular weight is 460 g/mol. The lowest BCUT2D eigenvalue weighted by Gasteiger charge is -2.24. The largest absolute Gasteiger partial charge is 0.359 e. The first-order valence-electron chi connectivity index (χ1n) is 10.4. The second kappa shape index (κ2) is 9.81. The van der Waals surface area contributed by atoms with Crippen molar-refractivity contribution in [2.45, 2.75) is 45.4 Å². The summed E-state index contributed by atoms with van der Waals surface area (Å²) in [6.07, 6.45) is -0.881. The van der Waals surface area contributed by atoms with E-state index in [2.05, 4.69) is 10.6 Å². The molecule has 0 aliphatic carbocycles. The maximum absolute atomic E-state index is 13.3. The monoisotopic (exact) mass is 459 g/mol. The zero-order valence-electron chi connectivity index (χ0n) is 18.8. The van der Waals surface area contributed by atoms with Gasteiger partial charge >= 0.3 is 11.8 Å². The van der Waals surface area contributed by atoms with Crippen LogP contribution in [0.3, 0.4) is 0 Å². The van der Waals surface area contributed by atoms with Crippen LogP contribution in [0.15, 0.2) is 41.3 Å². The van der Waals surface area contributed by atoms with Gasteiger partial charge in [-0.1, -0.05) is 47.5 Å². The van der Waals surface area contributed by atoms with E-state index in [0.717, 1.165) is 16.7 Å². The van der Waals surface area contributed by atoms with Crippen molar-refractivity contribution >= 4 is 21.8 Å². The smallest absolute Gasteiger partial charge is 0.309 e. The molecule has 1 aliphatic heterocycles. The molecule has 0 bridgehead atoms. The van der Waals surface area contributed by atoms with Crippen LogP contribution in [0.1, 0.15) is 27.8 Å². The lowest BCUT2D eigenvalue weighted by molar-refractivity contribution is -0.139. The van der Waals surface area contributed by atoms with Crippen LogP contribution in [0, 0.1) is 27.7 Å². The number of amides is 2. The molecule has 1 saturated heterocycles. The zero-order chi connectivity index (χ0) is 23.5. The van der Waals surface area contributed by atoms with Gasteiger partial charge in [0.1, 0.15) is 6.23 Å². The number of carbonyl (C=O) groups is 2. The molecule has 2 N–H and O–H groups in total. The van der Waals surface area contributed by atoms with E-state index in [9.17, 15) is 18.0 Å². The first kappa shape index (κ1) is 23.9. The molecule has 2 amide bonds. The summed E-state index contributed by atoms with van der Waals surface area (Å²) < 4.78 is 33.4. The fourth-order valence-corrected chi connectivity index (χ4v) is 5.79. The SMILES string of the molecule is Cc1ccc(CNC(=O)C(=O)NCC2OCCN2S(=O)(=O)c2c(C)cc(C)cc2C)cc1. The minimum absolute atomic E-state index is 0.125. The van der Waals surface area contributed by atoms with Gasteiger partial charge in [0, 0.05) is 13.1 Å². The molecule has 1 unspecified atom stereocenters. The quantitative estimate of drug-likeness (QED) is 0.640. The van der Waals surface area contributed by atoms with Crippen LogP contribution in [-0.4, -0.2) is 50.5 Å². The lowest BCUT2D eigenvalue weighted by atomic mass is 10.1. The normalized spacial score (nSPS) is 16.7. The molecular formula is C23H29N3O5S. The van der Waals surface area contributed by atoms with Crippen molar-refractivity contribution in [3.05, 3.63) is 64.2 Å². The maximum atomic E-state index is 13.3. The first-order chi connectivity index (χ1) is 15.1. The summed E-state index contributed by atoms with van der Waals surface area (Å²) in [5.74, 6) is -1.63. The molecule has 0 spiro atoms. The summed E-state index contributed by atoms with van der Waals surface area (Å²) in [6.45, 7) is 7.89. The van der Waals surface area contributed by atoms with Crippen molar-refractivity contribution in [3.63, 3.8) is 0 Å². The van der Waals surface area contributed by atoms with Gasteiger partial charge in [-0.15, -0.1) is 0 Å². The third-order valence-corrected chi connectivity index (χ3v) is 7.53. The molecule has 1 atom stereocenters. The van der Waals surface area contributed by atoms with Gasteiger partial charge < -0.3 is 15.4 Å². The molecule has 172 valence electrons. The maximum Gasteiger partial charge on any atom is 0.309 e. The zero-order valence-corrected chi connectivity index (χ0v) is 19.6. The summed E-state index contributed by atoms with van der Waals surface area (Å²) in [4.78, 5) is 24.6. The minimum Gasteiger partial charge on any atom is -0.359 e. The summed E-state index contributed by atoms with van der Waals surface area (Å²) in [6, 6.07) is 11.2. The lowest BCUT2D eigenvalue weighted by Crippen LogP contribution is -2.47. The van der Waals surface area contributed by atoms with Crippen molar-refractivity contribution in [3.8, 4) is 0 Å². The van der Waals surface area contributed by atoms with Gasteiger partial charge in [-0.25, -0.2) is 8.42 Å². The predicted molar refractivity (Wildman–Crippen MR) is 120 cm³/mol. The number of hydrogen-bond acceptors (Lipinski definition) is 5. The Morgan fingerprint density at radius 2 is 1.56 bits per heavy atom. The Morgan fingerprint density at radius 1 is 0.969 bits per heavy atom. The second-order valence-electron chi connectivity index (χ2n) is 8.05. The van der Waals surface area contributed by atoms with Crippen molar-refractivity contribution in [1.82, 2.24) is 14.9 Å². The van der Waals surface area contributed by atoms with Crippen LogP contribution in [0.25, 0.3) is 0 Å². The predicted octanol–water partition coefficient (Wildman–Crippen LogP) is 1.70. The highest BCUT2D eigenvalue weighted by atomic mass is 32.2. The van der Waals surface area contributed by atoms with Crippen molar-refractivity contribution < 1.29 is 22.7 Å². The molecule has 9 heteroatoms. The molecule has 1 aliphatic rings. The van der Waals surface area contributed by atoms with Crippen LogP contribution >= 0.6 is 0 Å². The number of nitrogens with one attached hydrogen (secondary N) is 2. The molecule has 0 aromatic heterocycles. The van der Waals surface area contributed by atoms with Crippen LogP contribution in [0.4, 0.5) is 0 Å². The molecular weight excluding hydrogens is 430 g/mol. The number of nitrogens with zero attached hydrogens (tertiary/aromatic N) is 1. The van der Waals surface area contributed by atoms with Crippen LogP contribution in [0.5, 0.6) is 0 Å².